The van der Waals surface area contributed by atoms with Crippen LogP contribution in [0.25, 0.3) is 0 Å². The molecule has 2 aromatic rings. The highest BCUT2D eigenvalue weighted by atomic mass is 16.6. The van der Waals surface area contributed by atoms with Crippen molar-refractivity contribution in [3.8, 4) is 0 Å². The van der Waals surface area contributed by atoms with Gasteiger partial charge in [0.2, 0.25) is 5.56 Å². The molecule has 2 N–H and O–H groups in total. The lowest BCUT2D eigenvalue weighted by Gasteiger charge is -2.32. The van der Waals surface area contributed by atoms with Crippen LogP contribution >= 0.6 is 0 Å². The highest BCUT2D eigenvalue weighted by molar-refractivity contribution is 5.93. The number of hydrogen-bond acceptors (Lipinski definition) is 6. The van der Waals surface area contributed by atoms with E-state index in [9.17, 15) is 9.59 Å². The van der Waals surface area contributed by atoms with Crippen LogP contribution < -0.4 is 10.9 Å². The van der Waals surface area contributed by atoms with Crippen LogP contribution in [-0.4, -0.2) is 65.3 Å². The topological polar surface area (TPSA) is 96.6 Å². The molecular weight excluding hydrogens is 372 g/mol. The number of carbonyl (C=O) groups excluding carboxylic acids is 1. The normalized spacial score (nSPS) is 25.0. The number of carbonyl (C=O) groups is 1. The smallest absolute Gasteiger partial charge is 0.252 e. The summed E-state index contributed by atoms with van der Waals surface area (Å²) in [6.07, 6.45) is 6.69. The Hall–Kier alpha value is -2.55. The Morgan fingerprint density at radius 2 is 2.31 bits per heavy atom. The number of rotatable bonds is 5. The lowest BCUT2D eigenvalue weighted by Crippen LogP contribution is -2.45. The number of hydrogen-bond donors (Lipinski definition) is 2. The first-order valence-corrected chi connectivity index (χ1v) is 9.96. The van der Waals surface area contributed by atoms with Crippen LogP contribution in [0.5, 0.6) is 0 Å². The number of ether oxygens (including phenoxy) is 2. The van der Waals surface area contributed by atoms with Crippen LogP contribution in [0.3, 0.4) is 0 Å². The summed E-state index contributed by atoms with van der Waals surface area (Å²) in [5, 5.41) is 2.94. The van der Waals surface area contributed by atoms with Crippen LogP contribution in [0.15, 0.2) is 47.7 Å². The van der Waals surface area contributed by atoms with Crippen molar-refractivity contribution in [3.63, 3.8) is 0 Å². The molecule has 0 bridgehead atoms. The molecular formula is C21H26N4O4. The SMILES string of the molecule is O=C(NC[C@H]1CC[C@@]2(COCCN(Cc3ccc(=O)[nH]c3)C2)O1)c1cccnc1. The van der Waals surface area contributed by atoms with Gasteiger partial charge in [-0.25, -0.2) is 0 Å². The second-order valence-electron chi connectivity index (χ2n) is 7.74. The summed E-state index contributed by atoms with van der Waals surface area (Å²) in [5.41, 5.74) is 1.15. The molecule has 8 heteroatoms. The van der Waals surface area contributed by atoms with Gasteiger partial charge in [-0.15, -0.1) is 0 Å². The Morgan fingerprint density at radius 1 is 1.38 bits per heavy atom. The third kappa shape index (κ3) is 5.09. The van der Waals surface area contributed by atoms with Gasteiger partial charge in [0.05, 0.1) is 24.9 Å². The van der Waals surface area contributed by atoms with Gasteiger partial charge in [-0.1, -0.05) is 6.07 Å². The summed E-state index contributed by atoms with van der Waals surface area (Å²) in [6.45, 7) is 3.98. The molecule has 2 aliphatic heterocycles. The molecule has 4 rings (SSSR count). The van der Waals surface area contributed by atoms with Crippen molar-refractivity contribution >= 4 is 5.91 Å². The maximum absolute atomic E-state index is 12.2. The summed E-state index contributed by atoms with van der Waals surface area (Å²) < 4.78 is 12.2. The molecule has 2 saturated heterocycles. The Balaban J connectivity index is 1.33. The van der Waals surface area contributed by atoms with Gasteiger partial charge in [0.1, 0.15) is 5.60 Å². The summed E-state index contributed by atoms with van der Waals surface area (Å²) >= 11 is 0. The average Bonchev–Trinajstić information content (AvgIpc) is 3.03. The predicted molar refractivity (Wildman–Crippen MR) is 107 cm³/mol. The van der Waals surface area contributed by atoms with Gasteiger partial charge < -0.3 is 19.8 Å². The molecule has 0 aromatic carbocycles. The van der Waals surface area contributed by atoms with E-state index < -0.39 is 0 Å². The molecule has 4 heterocycles. The van der Waals surface area contributed by atoms with Crippen molar-refractivity contribution in [3.05, 3.63) is 64.3 Å². The molecule has 8 nitrogen and oxygen atoms in total. The van der Waals surface area contributed by atoms with Crippen LogP contribution in [0.1, 0.15) is 28.8 Å². The van der Waals surface area contributed by atoms with E-state index in [1.165, 1.54) is 0 Å². The lowest BCUT2D eigenvalue weighted by molar-refractivity contribution is -0.0849. The van der Waals surface area contributed by atoms with Crippen molar-refractivity contribution in [2.24, 2.45) is 0 Å². The number of nitrogens with one attached hydrogen (secondary N) is 2. The maximum Gasteiger partial charge on any atom is 0.252 e. The van der Waals surface area contributed by atoms with Crippen LogP contribution in [0, 0.1) is 0 Å². The zero-order chi connectivity index (χ0) is 20.1. The Morgan fingerprint density at radius 3 is 3.10 bits per heavy atom. The van der Waals surface area contributed by atoms with E-state index in [0.717, 1.165) is 38.0 Å². The Labute approximate surface area is 169 Å². The second-order valence-corrected chi connectivity index (χ2v) is 7.74. The zero-order valence-corrected chi connectivity index (χ0v) is 16.3. The Bertz CT molecular complexity index is 867. The van der Waals surface area contributed by atoms with Gasteiger partial charge in [-0.2, -0.15) is 0 Å². The summed E-state index contributed by atoms with van der Waals surface area (Å²) in [7, 11) is 0. The van der Waals surface area contributed by atoms with E-state index in [-0.39, 0.29) is 23.2 Å². The molecule has 0 aliphatic carbocycles. The quantitative estimate of drug-likeness (QED) is 0.779. The predicted octanol–water partition coefficient (Wildman–Crippen LogP) is 0.950. The highest BCUT2D eigenvalue weighted by Crippen LogP contribution is 2.33. The fraction of sp³-hybridized carbons (Fsp3) is 0.476. The number of aromatic nitrogens is 2. The van der Waals surface area contributed by atoms with Crippen molar-refractivity contribution in [2.45, 2.75) is 31.1 Å². The summed E-state index contributed by atoms with van der Waals surface area (Å²) in [4.78, 5) is 32.5. The zero-order valence-electron chi connectivity index (χ0n) is 16.3. The largest absolute Gasteiger partial charge is 0.377 e. The number of amides is 1. The third-order valence-corrected chi connectivity index (χ3v) is 5.44. The van der Waals surface area contributed by atoms with E-state index in [1.54, 1.807) is 36.8 Å². The molecule has 1 spiro atoms. The summed E-state index contributed by atoms with van der Waals surface area (Å²) in [5.74, 6) is -0.139. The first-order chi connectivity index (χ1) is 14.1. The molecule has 29 heavy (non-hydrogen) atoms. The minimum Gasteiger partial charge on any atom is -0.377 e. The van der Waals surface area contributed by atoms with Crippen LogP contribution in [-0.2, 0) is 16.0 Å². The van der Waals surface area contributed by atoms with Crippen LogP contribution in [0.2, 0.25) is 0 Å². The average molecular weight is 398 g/mol. The molecule has 154 valence electrons. The van der Waals surface area contributed by atoms with Crippen molar-refractivity contribution in [1.29, 1.82) is 0 Å². The lowest BCUT2D eigenvalue weighted by atomic mass is 10.00. The standard InChI is InChI=1S/C21H26N4O4/c26-19-4-3-16(10-23-19)13-25-8-9-28-15-21(14-25)6-5-18(29-21)12-24-20(27)17-2-1-7-22-11-17/h1-4,7,10-11,18H,5-6,8-9,12-15H2,(H,23,26)(H,24,27)/t18-,21-/m1/s1. The van der Waals surface area contributed by atoms with Crippen molar-refractivity contribution in [1.82, 2.24) is 20.2 Å². The molecule has 2 atom stereocenters. The molecule has 2 fully saturated rings. The fourth-order valence-corrected chi connectivity index (χ4v) is 3.99. The molecule has 0 unspecified atom stereocenters. The van der Waals surface area contributed by atoms with E-state index in [2.05, 4.69) is 20.2 Å². The molecule has 1 amide bonds. The number of aromatic amines is 1. The maximum atomic E-state index is 12.2. The van der Waals surface area contributed by atoms with E-state index in [1.807, 2.05) is 6.07 Å². The van der Waals surface area contributed by atoms with Crippen LogP contribution in [0.4, 0.5) is 0 Å². The van der Waals surface area contributed by atoms with E-state index in [4.69, 9.17) is 9.47 Å². The summed E-state index contributed by atoms with van der Waals surface area (Å²) in [6, 6.07) is 6.89. The van der Waals surface area contributed by atoms with Gasteiger partial charge in [0.15, 0.2) is 0 Å². The van der Waals surface area contributed by atoms with Crippen molar-refractivity contribution in [2.75, 3.05) is 32.8 Å². The third-order valence-electron chi connectivity index (χ3n) is 5.44. The van der Waals surface area contributed by atoms with Gasteiger partial charge in [0.25, 0.3) is 5.91 Å². The first-order valence-electron chi connectivity index (χ1n) is 9.96. The molecule has 0 saturated carbocycles. The van der Waals surface area contributed by atoms with Gasteiger partial charge in [0, 0.05) is 50.8 Å². The fourth-order valence-electron chi connectivity index (χ4n) is 3.99. The van der Waals surface area contributed by atoms with Gasteiger partial charge >= 0.3 is 0 Å². The molecule has 0 radical (unpaired) electrons. The monoisotopic (exact) mass is 398 g/mol. The first kappa shape index (κ1) is 19.8. The Kier molecular flexibility index (Phi) is 6.03. The number of nitrogens with zero attached hydrogens (tertiary/aromatic N) is 2. The minimum atomic E-state index is -0.359. The van der Waals surface area contributed by atoms with Crippen molar-refractivity contribution < 1.29 is 14.3 Å². The molecule has 2 aliphatic rings. The van der Waals surface area contributed by atoms with E-state index in [0.29, 0.717) is 25.3 Å². The minimum absolute atomic E-state index is 0.0350. The highest BCUT2D eigenvalue weighted by Gasteiger charge is 2.43. The second kappa shape index (κ2) is 8.86. The van der Waals surface area contributed by atoms with Gasteiger partial charge in [-0.3, -0.25) is 19.5 Å². The number of H-pyrrole nitrogens is 1. The molecule has 2 aromatic heterocycles. The number of pyridine rings is 2. The van der Waals surface area contributed by atoms with Gasteiger partial charge in [-0.05, 0) is 30.5 Å². The van der Waals surface area contributed by atoms with E-state index >= 15 is 0 Å².